The van der Waals surface area contributed by atoms with E-state index in [0.29, 0.717) is 28.2 Å². The Morgan fingerprint density at radius 3 is 2.84 bits per heavy atom. The van der Waals surface area contributed by atoms with Crippen LogP contribution >= 0.6 is 0 Å². The summed E-state index contributed by atoms with van der Waals surface area (Å²) in [7, 11) is 1.74. The van der Waals surface area contributed by atoms with E-state index in [2.05, 4.69) is 36.6 Å². The lowest BCUT2D eigenvalue weighted by molar-refractivity contribution is 0.0947. The van der Waals surface area contributed by atoms with Crippen LogP contribution in [0.5, 0.6) is 0 Å². The Labute approximate surface area is 185 Å². The molecule has 4 N–H and O–H groups in total. The van der Waals surface area contributed by atoms with Gasteiger partial charge in [-0.1, -0.05) is 12.8 Å². The minimum absolute atomic E-state index is 0.210. The zero-order valence-corrected chi connectivity index (χ0v) is 17.8. The van der Waals surface area contributed by atoms with Crippen molar-refractivity contribution in [1.29, 1.82) is 10.7 Å². The molecule has 9 heteroatoms. The first kappa shape index (κ1) is 21.2. The third-order valence-corrected chi connectivity index (χ3v) is 5.63. The monoisotopic (exact) mass is 428 g/mol. The molecule has 1 amide bonds. The van der Waals surface area contributed by atoms with Crippen molar-refractivity contribution in [3.63, 3.8) is 0 Å². The predicted molar refractivity (Wildman–Crippen MR) is 121 cm³/mol. The van der Waals surface area contributed by atoms with Gasteiger partial charge in [0.05, 0.1) is 11.6 Å². The van der Waals surface area contributed by atoms with E-state index in [1.165, 1.54) is 25.4 Å². The minimum atomic E-state index is -0.346. The molecular weight excluding hydrogens is 404 g/mol. The lowest BCUT2D eigenvalue weighted by atomic mass is 10.0. The summed E-state index contributed by atoms with van der Waals surface area (Å²) in [6.45, 7) is 0.210. The molecule has 4 rings (SSSR count). The number of carbonyl (C=O) groups is 1. The molecule has 1 saturated carbocycles. The Kier molecular flexibility index (Phi) is 6.22. The van der Waals surface area contributed by atoms with Crippen LogP contribution in [0.25, 0.3) is 16.7 Å². The summed E-state index contributed by atoms with van der Waals surface area (Å²) >= 11 is 0. The van der Waals surface area contributed by atoms with Gasteiger partial charge in [0.1, 0.15) is 17.7 Å². The van der Waals surface area contributed by atoms with E-state index < -0.39 is 0 Å². The summed E-state index contributed by atoms with van der Waals surface area (Å²) in [5.41, 5.74) is 3.84. The number of hydrogen-bond donors (Lipinski definition) is 4. The number of carbonyl (C=O) groups excluding carboxylic acids is 1. The van der Waals surface area contributed by atoms with Crippen LogP contribution < -0.4 is 10.6 Å². The van der Waals surface area contributed by atoms with Gasteiger partial charge in [0.15, 0.2) is 11.3 Å². The molecular formula is C23H24N8O. The normalized spacial score (nSPS) is 14.3. The maximum Gasteiger partial charge on any atom is 0.272 e. The number of allylic oxidation sites excluding steroid dienone is 1. The van der Waals surface area contributed by atoms with Crippen LogP contribution in [0.1, 0.15) is 64.6 Å². The van der Waals surface area contributed by atoms with Crippen LogP contribution in [-0.2, 0) is 6.54 Å². The second-order valence-electron chi connectivity index (χ2n) is 7.77. The number of amides is 1. The fraction of sp³-hybridized carbons (Fsp3) is 0.304. The van der Waals surface area contributed by atoms with Crippen LogP contribution in [0.15, 0.2) is 30.7 Å². The lowest BCUT2D eigenvalue weighted by Crippen LogP contribution is -2.24. The highest BCUT2D eigenvalue weighted by molar-refractivity contribution is 6.08. The van der Waals surface area contributed by atoms with Gasteiger partial charge in [-0.3, -0.25) is 4.79 Å². The molecule has 2 heterocycles. The molecule has 1 aliphatic carbocycles. The summed E-state index contributed by atoms with van der Waals surface area (Å²) < 4.78 is 0. The highest BCUT2D eigenvalue weighted by Crippen LogP contribution is 2.33. The number of H-pyrrole nitrogens is 1. The Hall–Kier alpha value is -4.06. The molecule has 0 saturated heterocycles. The summed E-state index contributed by atoms with van der Waals surface area (Å²) in [6, 6.07) is 7.41. The van der Waals surface area contributed by atoms with Crippen molar-refractivity contribution in [2.45, 2.75) is 38.1 Å². The van der Waals surface area contributed by atoms with Gasteiger partial charge in [-0.15, -0.1) is 0 Å². The Bertz CT molecular complexity index is 1230. The van der Waals surface area contributed by atoms with Gasteiger partial charge >= 0.3 is 0 Å². The largest absolute Gasteiger partial charge is 0.393 e. The van der Waals surface area contributed by atoms with Gasteiger partial charge in [0.2, 0.25) is 0 Å². The van der Waals surface area contributed by atoms with Crippen molar-refractivity contribution in [1.82, 2.24) is 30.6 Å². The van der Waals surface area contributed by atoms with Crippen LogP contribution in [0.4, 0.5) is 0 Å². The van der Waals surface area contributed by atoms with Gasteiger partial charge in [-0.05, 0) is 42.2 Å². The average molecular weight is 429 g/mol. The number of imidazole rings is 1. The second-order valence-corrected chi connectivity index (χ2v) is 7.77. The van der Waals surface area contributed by atoms with Crippen LogP contribution in [0.2, 0.25) is 0 Å². The first-order valence-electron chi connectivity index (χ1n) is 10.5. The van der Waals surface area contributed by atoms with Gasteiger partial charge in [0.25, 0.3) is 5.91 Å². The standard InChI is InChI=1S/C23H24N8O/c1-26-12-18(10-25)17-7-14(9-24)6-15(8-17)11-27-23(32)20-19-22(29-13-28-20)31-21(30-19)16-4-2-3-5-16/h6-8,10,12-13,16,25-26H,2-5,11H2,1H3,(H,27,32)(H,28,29,30,31)/b18-12+,25-10?. The van der Waals surface area contributed by atoms with E-state index in [9.17, 15) is 10.1 Å². The van der Waals surface area contributed by atoms with Crippen molar-refractivity contribution in [2.75, 3.05) is 7.05 Å². The fourth-order valence-electron chi connectivity index (χ4n) is 4.07. The topological polar surface area (TPSA) is 143 Å². The molecule has 0 aliphatic heterocycles. The molecule has 9 nitrogen and oxygen atoms in total. The lowest BCUT2D eigenvalue weighted by Gasteiger charge is -2.09. The number of hydrogen-bond acceptors (Lipinski definition) is 7. The van der Waals surface area contributed by atoms with Crippen LogP contribution in [0.3, 0.4) is 0 Å². The number of rotatable bonds is 7. The summed E-state index contributed by atoms with van der Waals surface area (Å²) in [5.74, 6) is 0.899. The molecule has 1 fully saturated rings. The summed E-state index contributed by atoms with van der Waals surface area (Å²) in [4.78, 5) is 29.2. The molecule has 1 aliphatic rings. The van der Waals surface area contributed by atoms with Crippen molar-refractivity contribution in [3.05, 3.63) is 58.9 Å². The zero-order chi connectivity index (χ0) is 22.5. The zero-order valence-electron chi connectivity index (χ0n) is 17.8. The highest BCUT2D eigenvalue weighted by Gasteiger charge is 2.23. The SMILES string of the molecule is CN/C=C(\C=N)c1cc(C#N)cc(CNC(=O)c2ncnc3nc(C4CCCC4)[nH]c23)c1. The van der Waals surface area contributed by atoms with E-state index >= 15 is 0 Å². The molecule has 162 valence electrons. The van der Waals surface area contributed by atoms with Gasteiger partial charge in [0, 0.05) is 37.5 Å². The van der Waals surface area contributed by atoms with E-state index in [0.717, 1.165) is 29.8 Å². The third kappa shape index (κ3) is 4.34. The van der Waals surface area contributed by atoms with E-state index in [1.54, 1.807) is 25.4 Å². The van der Waals surface area contributed by atoms with Crippen molar-refractivity contribution in [2.24, 2.45) is 0 Å². The molecule has 0 radical (unpaired) electrons. The molecule has 0 atom stereocenters. The first-order valence-corrected chi connectivity index (χ1v) is 10.5. The van der Waals surface area contributed by atoms with Crippen LogP contribution in [-0.4, -0.2) is 39.1 Å². The number of nitriles is 1. The highest BCUT2D eigenvalue weighted by atomic mass is 16.1. The maximum atomic E-state index is 12.9. The van der Waals surface area contributed by atoms with Crippen molar-refractivity contribution in [3.8, 4) is 6.07 Å². The number of nitrogens with zero attached hydrogens (tertiary/aromatic N) is 4. The number of fused-ring (bicyclic) bond motifs is 1. The molecule has 3 aromatic rings. The molecule has 2 aromatic heterocycles. The number of nitrogens with one attached hydrogen (secondary N) is 4. The fourth-order valence-corrected chi connectivity index (χ4v) is 4.07. The number of benzene rings is 1. The van der Waals surface area contributed by atoms with Gasteiger partial charge in [-0.2, -0.15) is 5.26 Å². The summed E-state index contributed by atoms with van der Waals surface area (Å²) in [6.07, 6.45) is 8.81. The first-order chi connectivity index (χ1) is 15.6. The van der Waals surface area contributed by atoms with E-state index in [4.69, 9.17) is 5.41 Å². The second kappa shape index (κ2) is 9.39. The van der Waals surface area contributed by atoms with E-state index in [-0.39, 0.29) is 18.1 Å². The number of aromatic nitrogens is 4. The third-order valence-electron chi connectivity index (χ3n) is 5.63. The maximum absolute atomic E-state index is 12.9. The molecule has 0 spiro atoms. The molecule has 1 aromatic carbocycles. The Balaban J connectivity index is 1.56. The average Bonchev–Trinajstić information content (AvgIpc) is 3.50. The number of aromatic amines is 1. The van der Waals surface area contributed by atoms with Crippen LogP contribution in [0, 0.1) is 16.7 Å². The Morgan fingerprint density at radius 1 is 1.31 bits per heavy atom. The molecule has 32 heavy (non-hydrogen) atoms. The van der Waals surface area contributed by atoms with Crippen molar-refractivity contribution >= 4 is 28.9 Å². The Morgan fingerprint density at radius 2 is 2.12 bits per heavy atom. The quantitative estimate of drug-likeness (QED) is 0.426. The van der Waals surface area contributed by atoms with Crippen molar-refractivity contribution < 1.29 is 4.79 Å². The molecule has 0 unspecified atom stereocenters. The van der Waals surface area contributed by atoms with E-state index in [1.807, 2.05) is 6.07 Å². The summed E-state index contributed by atoms with van der Waals surface area (Å²) in [5, 5.41) is 22.8. The smallest absolute Gasteiger partial charge is 0.272 e. The van der Waals surface area contributed by atoms with Gasteiger partial charge < -0.3 is 21.0 Å². The van der Waals surface area contributed by atoms with Gasteiger partial charge in [-0.25, -0.2) is 15.0 Å². The minimum Gasteiger partial charge on any atom is -0.393 e. The predicted octanol–water partition coefficient (Wildman–Crippen LogP) is 3.02. The molecule has 0 bridgehead atoms.